The number of hydrogen-bond donors (Lipinski definition) is 28. The van der Waals surface area contributed by atoms with Gasteiger partial charge in [0, 0.05) is 41.4 Å². The molecular formula is C64H112N4O45. The zero-order valence-electron chi connectivity index (χ0n) is 62.0. The first-order chi connectivity index (χ1) is 53.5. The first kappa shape index (κ1) is 96.4. The topological polar surface area (TPSA) is 759 Å². The molecule has 7 rings (SSSR count). The fourth-order valence-corrected chi connectivity index (χ4v) is 13.9. The van der Waals surface area contributed by atoms with Crippen LogP contribution < -0.4 is 21.3 Å². The number of ether oxygens (including phenoxy) is 17. The maximum Gasteiger partial charge on any atom is 0.217 e. The molecule has 0 saturated carbocycles. The predicted molar refractivity (Wildman–Crippen MR) is 356 cm³/mol. The smallest absolute Gasteiger partial charge is 0.217 e. The van der Waals surface area contributed by atoms with Crippen LogP contribution >= 0.6 is 0 Å². The van der Waals surface area contributed by atoms with Crippen molar-refractivity contribution in [1.29, 1.82) is 0 Å². The van der Waals surface area contributed by atoms with Gasteiger partial charge in [0.1, 0.15) is 189 Å². The van der Waals surface area contributed by atoms with Gasteiger partial charge < -0.3 is 224 Å². The minimum absolute atomic E-state index is 0.612. The van der Waals surface area contributed by atoms with Crippen molar-refractivity contribution in [3.05, 3.63) is 0 Å². The van der Waals surface area contributed by atoms with Gasteiger partial charge in [-0.25, -0.2) is 0 Å². The summed E-state index contributed by atoms with van der Waals surface area (Å²) in [5.74, 6) is -3.33. The molecule has 42 atom stereocenters. The monoisotopic (exact) mass is 1660 g/mol. The number of carbonyl (C=O) groups is 4. The van der Waals surface area contributed by atoms with Crippen LogP contribution in [0.1, 0.15) is 41.0 Å². The Labute approximate surface area is 644 Å². The molecule has 49 heteroatoms. The van der Waals surface area contributed by atoms with Crippen LogP contribution in [0.25, 0.3) is 0 Å². The first-order valence-electron chi connectivity index (χ1n) is 36.2. The van der Waals surface area contributed by atoms with Crippen molar-refractivity contribution >= 4 is 23.6 Å². The third kappa shape index (κ3) is 23.7. The third-order valence-corrected chi connectivity index (χ3v) is 19.9. The van der Waals surface area contributed by atoms with E-state index in [0.29, 0.717) is 0 Å². The van der Waals surface area contributed by atoms with Gasteiger partial charge in [-0.2, -0.15) is 0 Å². The van der Waals surface area contributed by atoms with Gasteiger partial charge in [-0.05, 0) is 13.3 Å². The lowest BCUT2D eigenvalue weighted by Crippen LogP contribution is -2.69. The van der Waals surface area contributed by atoms with Gasteiger partial charge >= 0.3 is 0 Å². The highest BCUT2D eigenvalue weighted by Crippen LogP contribution is 2.37. The summed E-state index contributed by atoms with van der Waals surface area (Å²) in [5, 5.41) is 273. The Kier molecular flexibility index (Phi) is 38.0. The lowest BCUT2D eigenvalue weighted by atomic mass is 9.92. The van der Waals surface area contributed by atoms with E-state index >= 15 is 0 Å². The summed E-state index contributed by atoms with van der Waals surface area (Å²) in [6.45, 7) is -6.16. The van der Waals surface area contributed by atoms with Crippen LogP contribution in [0.15, 0.2) is 0 Å². The lowest BCUT2D eigenvalue weighted by molar-refractivity contribution is -0.375. The molecule has 0 aliphatic carbocycles. The quantitative estimate of drug-likeness (QED) is 0.0254. The fraction of sp³-hybridized carbons (Fsp3) is 0.938. The van der Waals surface area contributed by atoms with E-state index in [1.807, 2.05) is 0 Å². The second kappa shape index (κ2) is 44.5. The summed E-state index contributed by atoms with van der Waals surface area (Å²) in [7, 11) is 0.908. The van der Waals surface area contributed by atoms with Crippen LogP contribution in [0.3, 0.4) is 0 Å². The van der Waals surface area contributed by atoms with E-state index in [9.17, 15) is 142 Å². The first-order valence-corrected chi connectivity index (χ1v) is 36.2. The zero-order chi connectivity index (χ0) is 83.9. The Morgan fingerprint density at radius 3 is 1.17 bits per heavy atom. The van der Waals surface area contributed by atoms with E-state index in [4.69, 9.17) is 80.5 Å². The normalized spacial score (nSPS) is 42.4. The molecule has 113 heavy (non-hydrogen) atoms. The van der Waals surface area contributed by atoms with Gasteiger partial charge in [0.25, 0.3) is 0 Å². The molecule has 0 bridgehead atoms. The summed E-state index contributed by atoms with van der Waals surface area (Å²) >= 11 is 0. The molecule has 0 aromatic carbocycles. The number of methoxy groups -OCH3 is 1. The van der Waals surface area contributed by atoms with Crippen molar-refractivity contribution in [3.8, 4) is 0 Å². The van der Waals surface area contributed by atoms with E-state index in [2.05, 4.69) is 21.3 Å². The van der Waals surface area contributed by atoms with Gasteiger partial charge in [0.05, 0.1) is 84.3 Å². The van der Waals surface area contributed by atoms with Crippen LogP contribution in [0.5, 0.6) is 0 Å². The van der Waals surface area contributed by atoms with Crippen LogP contribution in [0.2, 0.25) is 0 Å². The lowest BCUT2D eigenvalue weighted by Gasteiger charge is -2.49. The Morgan fingerprint density at radius 1 is 0.381 bits per heavy atom. The molecule has 7 heterocycles. The molecule has 0 spiro atoms. The standard InChI is InChI=1S/C64H112N4O45/c1-19-35(65-20(2)78)43(88)53(29(12-73)100-19)109-58-36(66-21(3)79)44(89)52(30(13-74)105-58)108-34(16-77)101-33(18-99-64-57(49(94)42(87)28(11-72)104-64)113-60-38(68-23(5)81)46(91)55(32(15-76)107-60)111-62-51(96)48(93)41(86)27(10-71)103-62)25(83)17-98-63(97-6)56(39(84)24(82)7-8-69)112-59-37(67-22(4)80)45(90)54(31(14-75)106-59)110-61-50(95)47(92)40(85)26(9-70)102-61/h19,24-64,69-77,82-96H,7-18H2,1-6H3,(H,65,78)(H,66,79)(H,67,80)(H,68,81)/t19-,24+,25-,26?,27?,28?,29?,30?,31?,32?,33?,34-,35?,36?,37?,38?,39?,40-,41-,42+,43?,44?,45?,46?,47?,48?,49?,50?,51?,52+,53+,54+,55+,56?,57?,58-,59-,60-,61-,62-,63+,64-/m0/s1. The molecule has 0 radical (unpaired) electrons. The third-order valence-electron chi connectivity index (χ3n) is 19.9. The predicted octanol–water partition coefficient (Wildman–Crippen LogP) is -18.1. The largest absolute Gasteiger partial charge is 0.396 e. The molecule has 7 aliphatic heterocycles. The second-order valence-electron chi connectivity index (χ2n) is 28.0. The van der Waals surface area contributed by atoms with Gasteiger partial charge in [-0.15, -0.1) is 0 Å². The zero-order valence-corrected chi connectivity index (χ0v) is 62.0. The van der Waals surface area contributed by atoms with Crippen molar-refractivity contribution in [1.82, 2.24) is 21.3 Å². The van der Waals surface area contributed by atoms with E-state index in [1.54, 1.807) is 0 Å². The van der Waals surface area contributed by atoms with E-state index < -0.39 is 360 Å². The van der Waals surface area contributed by atoms with Gasteiger partial charge in [-0.1, -0.05) is 0 Å². The number of amides is 4. The number of nitrogens with one attached hydrogen (secondary N) is 4. The fourth-order valence-electron chi connectivity index (χ4n) is 13.9. The highest BCUT2D eigenvalue weighted by atomic mass is 16.8. The molecule has 0 aromatic rings. The van der Waals surface area contributed by atoms with E-state index in [0.717, 1.165) is 34.8 Å². The average molecular weight is 1660 g/mol. The Bertz CT molecular complexity index is 2860. The summed E-state index contributed by atoms with van der Waals surface area (Å²) in [4.78, 5) is 50.8. The summed E-state index contributed by atoms with van der Waals surface area (Å²) in [6, 6.07) is -6.75. The Morgan fingerprint density at radius 2 is 0.743 bits per heavy atom. The highest BCUT2D eigenvalue weighted by Gasteiger charge is 2.58. The Hall–Kier alpha value is -3.76. The minimum atomic E-state index is -2.33. The molecule has 7 fully saturated rings. The van der Waals surface area contributed by atoms with Gasteiger partial charge in [0.15, 0.2) is 50.3 Å². The maximum absolute atomic E-state index is 12.9. The average Bonchev–Trinajstić information content (AvgIpc) is 0.781. The molecule has 24 unspecified atom stereocenters. The number of aliphatic hydroxyl groups is 24. The van der Waals surface area contributed by atoms with Crippen LogP contribution in [-0.4, -0.2) is 484 Å². The Balaban J connectivity index is 1.23. The SMILES string of the molecule is CO[C@H](OC[C@H](O)C(CO[C@H]1OC(CO)[C@@H](O)C(O)C1O[C@@H]1OC(CO)[C@@H](O[C@@H]2OC(CO)[C@H](O)C(O)C2O)C(O)C1NC(C)=O)O[C@H](CO)O[C@@H]1C(CO)O[C@@H](O[C@@H]2C(CO)O[C@@H](C)C(NC(C)=O)C2O)C(NC(C)=O)C1O)C(O[C@@H]1OC(CO)[C@@H](O[C@@H]2OC(CO)[C@H](O)C(O)C2O)C(O)C1NC(C)=O)C(O)[C@H](O)CCO. The van der Waals surface area contributed by atoms with Crippen molar-refractivity contribution in [2.45, 2.75) is 299 Å². The van der Waals surface area contributed by atoms with Gasteiger partial charge in [0.2, 0.25) is 23.6 Å². The molecule has 7 saturated heterocycles. The van der Waals surface area contributed by atoms with Gasteiger partial charge in [-0.3, -0.25) is 19.2 Å². The molecule has 28 N–H and O–H groups in total. The number of rotatable bonds is 39. The summed E-state index contributed by atoms with van der Waals surface area (Å²) in [5.41, 5.74) is 0. The summed E-state index contributed by atoms with van der Waals surface area (Å²) < 4.78 is 100. The number of aliphatic hydroxyl groups excluding tert-OH is 24. The molecule has 0 aromatic heterocycles. The summed E-state index contributed by atoms with van der Waals surface area (Å²) in [6.07, 6.45) is -75.1. The maximum atomic E-state index is 12.9. The molecular weight excluding hydrogens is 1540 g/mol. The van der Waals surface area contributed by atoms with Crippen LogP contribution in [-0.2, 0) is 99.7 Å². The highest BCUT2D eigenvalue weighted by molar-refractivity contribution is 5.74. The number of carbonyl (C=O) groups excluding carboxylic acids is 4. The number of hydrogen-bond acceptors (Lipinski definition) is 45. The molecule has 49 nitrogen and oxygen atoms in total. The van der Waals surface area contributed by atoms with Crippen molar-refractivity contribution < 1.29 is 222 Å². The van der Waals surface area contributed by atoms with Crippen LogP contribution in [0, 0.1) is 0 Å². The molecule has 4 amide bonds. The van der Waals surface area contributed by atoms with E-state index in [1.165, 1.54) is 6.92 Å². The van der Waals surface area contributed by atoms with Crippen molar-refractivity contribution in [2.75, 3.05) is 79.8 Å². The van der Waals surface area contributed by atoms with Crippen molar-refractivity contribution in [2.24, 2.45) is 0 Å². The van der Waals surface area contributed by atoms with E-state index in [-0.39, 0.29) is 0 Å². The molecule has 7 aliphatic rings. The molecule has 658 valence electrons. The van der Waals surface area contributed by atoms with Crippen molar-refractivity contribution in [3.63, 3.8) is 0 Å². The minimum Gasteiger partial charge on any atom is -0.396 e. The second-order valence-corrected chi connectivity index (χ2v) is 28.0. The van der Waals surface area contributed by atoms with Crippen LogP contribution in [0.4, 0.5) is 0 Å².